The van der Waals surface area contributed by atoms with E-state index in [1.165, 1.54) is 18.3 Å². The average Bonchev–Trinajstić information content (AvgIpc) is 3.25. The van der Waals surface area contributed by atoms with Crippen LogP contribution < -0.4 is 0 Å². The van der Waals surface area contributed by atoms with Crippen molar-refractivity contribution in [2.24, 2.45) is 9.98 Å². The zero-order chi connectivity index (χ0) is 18.7. The van der Waals surface area contributed by atoms with E-state index in [1.807, 2.05) is 0 Å². The summed E-state index contributed by atoms with van der Waals surface area (Å²) in [5, 5.41) is 11.8. The number of aliphatic imine (C=N–C) groups is 2. The minimum atomic E-state index is -0.674. The molecule has 0 unspecified atom stereocenters. The summed E-state index contributed by atoms with van der Waals surface area (Å²) in [4.78, 5) is 33.6. The van der Waals surface area contributed by atoms with Crippen molar-refractivity contribution in [2.75, 3.05) is 6.61 Å². The Hall–Kier alpha value is -3.06. The summed E-state index contributed by atoms with van der Waals surface area (Å²) >= 11 is 1.29. The van der Waals surface area contributed by atoms with Crippen LogP contribution in [0.2, 0.25) is 0 Å². The first kappa shape index (κ1) is 17.8. The highest BCUT2D eigenvalue weighted by Crippen LogP contribution is 2.26. The summed E-state index contributed by atoms with van der Waals surface area (Å²) in [6.07, 6.45) is 0. The van der Waals surface area contributed by atoms with Gasteiger partial charge in [-0.25, -0.2) is 9.79 Å². The molecule has 0 bridgehead atoms. The molecule has 0 radical (unpaired) electrons. The second-order valence-corrected chi connectivity index (χ2v) is 6.35. The summed E-state index contributed by atoms with van der Waals surface area (Å²) < 4.78 is 5.03. The first-order valence-electron chi connectivity index (χ1n) is 7.95. The number of aliphatic hydroxyl groups excluding tert-OH is 1. The predicted molar refractivity (Wildman–Crippen MR) is 100 cm³/mol. The van der Waals surface area contributed by atoms with Crippen LogP contribution in [0, 0.1) is 0 Å². The molecule has 132 valence electrons. The minimum absolute atomic E-state index is 0.0342. The lowest BCUT2D eigenvalue weighted by Gasteiger charge is -2.08. The van der Waals surface area contributed by atoms with E-state index in [2.05, 4.69) is 9.98 Å². The van der Waals surface area contributed by atoms with Gasteiger partial charge < -0.3 is 9.84 Å². The molecular formula is C19H16N2O4S. The summed E-state index contributed by atoms with van der Waals surface area (Å²) in [6.45, 7) is 3.24. The van der Waals surface area contributed by atoms with Gasteiger partial charge in [-0.15, -0.1) is 11.3 Å². The predicted octanol–water partition coefficient (Wildman–Crippen LogP) is 3.53. The Morgan fingerprint density at radius 2 is 1.92 bits per heavy atom. The van der Waals surface area contributed by atoms with E-state index in [0.717, 1.165) is 0 Å². The fraction of sp³-hybridized carbons (Fsp3) is 0.158. The number of carbonyl (C=O) groups is 2. The standard InChI is InChI=1S/C19H16N2O4S/c1-3-25-19(24)15(11(2)22)16-12-7-4-5-8-13(12)17(20-16)21-18(23)14-9-6-10-26-14/h4-10,22H,3H2,1-2H3/b15-11+,21-17?. The lowest BCUT2D eigenvalue weighted by atomic mass is 9.99. The number of fused-ring (bicyclic) bond motifs is 1. The molecule has 1 aromatic carbocycles. The van der Waals surface area contributed by atoms with E-state index in [0.29, 0.717) is 16.0 Å². The molecule has 1 aromatic heterocycles. The molecule has 0 fully saturated rings. The molecule has 1 N–H and O–H groups in total. The molecule has 26 heavy (non-hydrogen) atoms. The average molecular weight is 368 g/mol. The van der Waals surface area contributed by atoms with E-state index in [9.17, 15) is 14.7 Å². The van der Waals surface area contributed by atoms with Crippen LogP contribution in [0.4, 0.5) is 0 Å². The van der Waals surface area contributed by atoms with Gasteiger partial charge in [-0.05, 0) is 25.3 Å². The van der Waals surface area contributed by atoms with Gasteiger partial charge in [0, 0.05) is 11.1 Å². The number of allylic oxidation sites excluding steroid dienone is 1. The van der Waals surface area contributed by atoms with Crippen molar-refractivity contribution < 1.29 is 19.4 Å². The van der Waals surface area contributed by atoms with Crippen molar-refractivity contribution in [1.29, 1.82) is 0 Å². The Morgan fingerprint density at radius 1 is 1.19 bits per heavy atom. The van der Waals surface area contributed by atoms with Gasteiger partial charge in [0.1, 0.15) is 11.3 Å². The third kappa shape index (κ3) is 3.34. The van der Waals surface area contributed by atoms with Crippen LogP contribution >= 0.6 is 11.3 Å². The molecule has 1 amide bonds. The minimum Gasteiger partial charge on any atom is -0.512 e. The highest BCUT2D eigenvalue weighted by molar-refractivity contribution is 7.12. The Bertz CT molecular complexity index is 952. The fourth-order valence-corrected chi connectivity index (χ4v) is 3.16. The molecule has 6 nitrogen and oxygen atoms in total. The van der Waals surface area contributed by atoms with Gasteiger partial charge in [-0.2, -0.15) is 4.99 Å². The molecule has 1 aliphatic rings. The normalized spacial score (nSPS) is 15.3. The van der Waals surface area contributed by atoms with Crippen LogP contribution in [0.25, 0.3) is 0 Å². The molecule has 2 heterocycles. The maximum atomic E-state index is 12.3. The van der Waals surface area contributed by atoms with Crippen LogP contribution in [0.1, 0.15) is 34.6 Å². The number of aliphatic hydroxyl groups is 1. The molecule has 0 spiro atoms. The van der Waals surface area contributed by atoms with E-state index < -0.39 is 11.9 Å². The molecular weight excluding hydrogens is 352 g/mol. The topological polar surface area (TPSA) is 88.3 Å². The summed E-state index contributed by atoms with van der Waals surface area (Å²) in [7, 11) is 0. The fourth-order valence-electron chi connectivity index (χ4n) is 2.56. The molecule has 7 heteroatoms. The Balaban J connectivity index is 2.10. The monoisotopic (exact) mass is 368 g/mol. The van der Waals surface area contributed by atoms with Gasteiger partial charge in [0.2, 0.25) is 0 Å². The van der Waals surface area contributed by atoms with E-state index in [1.54, 1.807) is 48.7 Å². The quantitative estimate of drug-likeness (QED) is 0.508. The summed E-state index contributed by atoms with van der Waals surface area (Å²) in [5.41, 5.74) is 1.45. The van der Waals surface area contributed by atoms with Gasteiger partial charge in [0.05, 0.1) is 17.2 Å². The van der Waals surface area contributed by atoms with Crippen molar-refractivity contribution >= 4 is 34.8 Å². The molecule has 2 aromatic rings. The molecule has 3 rings (SSSR count). The van der Waals surface area contributed by atoms with Crippen LogP contribution in [-0.4, -0.2) is 35.1 Å². The number of amidine groups is 1. The first-order valence-corrected chi connectivity index (χ1v) is 8.83. The molecule has 0 aliphatic carbocycles. The van der Waals surface area contributed by atoms with E-state index in [-0.39, 0.29) is 29.5 Å². The molecule has 0 saturated heterocycles. The Morgan fingerprint density at radius 3 is 2.54 bits per heavy atom. The zero-order valence-electron chi connectivity index (χ0n) is 14.2. The van der Waals surface area contributed by atoms with Gasteiger partial charge >= 0.3 is 5.97 Å². The number of thiophene rings is 1. The maximum absolute atomic E-state index is 12.3. The van der Waals surface area contributed by atoms with Crippen molar-refractivity contribution in [3.05, 3.63) is 69.1 Å². The number of nitrogens with zero attached hydrogens (tertiary/aromatic N) is 2. The SMILES string of the molecule is CCOC(=O)/C(C1=NC(=NC(=O)c2cccs2)c2ccccc21)=C(\C)O. The smallest absolute Gasteiger partial charge is 0.343 e. The Kier molecular flexibility index (Phi) is 5.09. The number of benzene rings is 1. The maximum Gasteiger partial charge on any atom is 0.343 e. The van der Waals surface area contributed by atoms with Gasteiger partial charge in [-0.1, -0.05) is 30.3 Å². The van der Waals surface area contributed by atoms with Crippen LogP contribution in [-0.2, 0) is 9.53 Å². The van der Waals surface area contributed by atoms with Gasteiger partial charge in [0.25, 0.3) is 5.91 Å². The first-order chi connectivity index (χ1) is 12.5. The van der Waals surface area contributed by atoms with Crippen LogP contribution in [0.5, 0.6) is 0 Å². The lowest BCUT2D eigenvalue weighted by molar-refractivity contribution is -0.138. The van der Waals surface area contributed by atoms with Crippen molar-refractivity contribution in [3.8, 4) is 0 Å². The number of rotatable bonds is 4. The highest BCUT2D eigenvalue weighted by Gasteiger charge is 2.30. The Labute approximate surface area is 154 Å². The van der Waals surface area contributed by atoms with Crippen molar-refractivity contribution in [3.63, 3.8) is 0 Å². The van der Waals surface area contributed by atoms with Crippen LogP contribution in [0.3, 0.4) is 0 Å². The number of esters is 1. The lowest BCUT2D eigenvalue weighted by Crippen LogP contribution is -2.18. The van der Waals surface area contributed by atoms with Gasteiger partial charge in [-0.3, -0.25) is 4.79 Å². The van der Waals surface area contributed by atoms with Gasteiger partial charge in [0.15, 0.2) is 5.84 Å². The van der Waals surface area contributed by atoms with E-state index >= 15 is 0 Å². The third-order valence-electron chi connectivity index (χ3n) is 3.66. The number of hydrogen-bond donors (Lipinski definition) is 1. The number of ether oxygens (including phenoxy) is 1. The summed E-state index contributed by atoms with van der Waals surface area (Å²) in [5.74, 6) is -1.08. The third-order valence-corrected chi connectivity index (χ3v) is 4.52. The molecule has 0 atom stereocenters. The van der Waals surface area contributed by atoms with Crippen molar-refractivity contribution in [2.45, 2.75) is 13.8 Å². The number of amides is 1. The summed E-state index contributed by atoms with van der Waals surface area (Å²) in [6, 6.07) is 10.6. The largest absolute Gasteiger partial charge is 0.512 e. The highest BCUT2D eigenvalue weighted by atomic mass is 32.1. The van der Waals surface area contributed by atoms with Crippen LogP contribution in [0.15, 0.2) is 63.1 Å². The van der Waals surface area contributed by atoms with E-state index in [4.69, 9.17) is 4.74 Å². The second-order valence-electron chi connectivity index (χ2n) is 5.40. The zero-order valence-corrected chi connectivity index (χ0v) is 15.0. The molecule has 1 aliphatic heterocycles. The number of carbonyl (C=O) groups excluding carboxylic acids is 2. The second kappa shape index (κ2) is 7.45. The molecule has 0 saturated carbocycles. The van der Waals surface area contributed by atoms with Crippen molar-refractivity contribution in [1.82, 2.24) is 0 Å². The number of hydrogen-bond acceptors (Lipinski definition) is 5.